The zero-order valence-corrected chi connectivity index (χ0v) is 17.0. The fraction of sp³-hybridized carbons (Fsp3) is 0.905. The molecule has 0 aromatic carbocycles. The number of amides is 2. The number of hydrogen-bond donors (Lipinski definition) is 2. The van der Waals surface area contributed by atoms with Crippen molar-refractivity contribution in [1.29, 1.82) is 5.41 Å². The van der Waals surface area contributed by atoms with Gasteiger partial charge in [-0.15, -0.1) is 0 Å². The molecule has 26 heavy (non-hydrogen) atoms. The predicted octanol–water partition coefficient (Wildman–Crippen LogP) is 4.23. The maximum absolute atomic E-state index is 12.3. The zero-order valence-electron chi connectivity index (χ0n) is 17.0. The second kappa shape index (κ2) is 8.28. The lowest BCUT2D eigenvalue weighted by Crippen LogP contribution is -2.49. The number of likely N-dealkylation sites (N-methyl/N-ethyl adjacent to an activating group) is 1. The van der Waals surface area contributed by atoms with Gasteiger partial charge in [0.05, 0.1) is 5.54 Å². The molecule has 0 spiro atoms. The van der Waals surface area contributed by atoms with Gasteiger partial charge in [0.25, 0.3) is 0 Å². The Hall–Kier alpha value is -1.10. The molecular formula is C21H38N4O. The molecule has 0 aromatic heterocycles. The van der Waals surface area contributed by atoms with Crippen LogP contribution in [0.25, 0.3) is 0 Å². The third-order valence-corrected chi connectivity index (χ3v) is 7.27. The third-order valence-electron chi connectivity index (χ3n) is 7.27. The van der Waals surface area contributed by atoms with Gasteiger partial charge in [-0.3, -0.25) is 10.3 Å². The van der Waals surface area contributed by atoms with Crippen LogP contribution in [0, 0.1) is 17.2 Å². The maximum atomic E-state index is 12.3. The van der Waals surface area contributed by atoms with Gasteiger partial charge in [0.1, 0.15) is 5.84 Å². The summed E-state index contributed by atoms with van der Waals surface area (Å²) < 4.78 is 0. The minimum Gasteiger partial charge on any atom is -0.325 e. The molecule has 1 heterocycles. The molecule has 5 nitrogen and oxygen atoms in total. The average molecular weight is 363 g/mol. The molecule has 0 aromatic rings. The first kappa shape index (κ1) is 19.7. The molecule has 3 aliphatic rings. The normalized spacial score (nSPS) is 33.8. The van der Waals surface area contributed by atoms with Crippen molar-refractivity contribution in [1.82, 2.24) is 15.1 Å². The summed E-state index contributed by atoms with van der Waals surface area (Å²) in [5.41, 5.74) is -0.428. The number of hydrogen-bond acceptors (Lipinski definition) is 3. The fourth-order valence-corrected chi connectivity index (χ4v) is 5.54. The van der Waals surface area contributed by atoms with Crippen LogP contribution >= 0.6 is 0 Å². The largest absolute Gasteiger partial charge is 0.325 e. The molecule has 0 radical (unpaired) electrons. The summed E-state index contributed by atoms with van der Waals surface area (Å²) in [6.45, 7) is 0. The van der Waals surface area contributed by atoms with E-state index in [4.69, 9.17) is 5.41 Å². The standard InChI is InChI=1S/C21H38N4O/c1-24(2)18-11-7-10-17(14-18)15-21(19(22)25(3)20(26)23-21)13-12-16-8-5-4-6-9-16/h16-18,22H,4-15H2,1-3H3,(H,23,26)/t17-,18+,21+/m0/s1. The number of nitrogens with one attached hydrogen (secondary N) is 2. The number of carbonyl (C=O) groups excluding carboxylic acids is 1. The average Bonchev–Trinajstić information content (AvgIpc) is 2.85. The number of carbonyl (C=O) groups is 1. The zero-order chi connectivity index (χ0) is 18.7. The Bertz CT molecular complexity index is 514. The highest BCUT2D eigenvalue weighted by atomic mass is 16.2. The van der Waals surface area contributed by atoms with E-state index in [1.54, 1.807) is 7.05 Å². The third kappa shape index (κ3) is 4.24. The smallest absolute Gasteiger partial charge is 0.323 e. The molecule has 5 heteroatoms. The summed E-state index contributed by atoms with van der Waals surface area (Å²) in [6, 6.07) is 0.562. The Balaban J connectivity index is 1.69. The van der Waals surface area contributed by atoms with Crippen molar-refractivity contribution in [3.05, 3.63) is 0 Å². The van der Waals surface area contributed by atoms with Gasteiger partial charge in [0, 0.05) is 13.1 Å². The van der Waals surface area contributed by atoms with Crippen LogP contribution < -0.4 is 5.32 Å². The van der Waals surface area contributed by atoms with E-state index in [9.17, 15) is 4.79 Å². The Morgan fingerprint density at radius 1 is 1.12 bits per heavy atom. The van der Waals surface area contributed by atoms with E-state index < -0.39 is 5.54 Å². The van der Waals surface area contributed by atoms with E-state index in [1.165, 1.54) is 62.7 Å². The molecule has 0 unspecified atom stereocenters. The van der Waals surface area contributed by atoms with Gasteiger partial charge in [-0.25, -0.2) is 4.79 Å². The fourth-order valence-electron chi connectivity index (χ4n) is 5.54. The van der Waals surface area contributed by atoms with Crippen molar-refractivity contribution in [2.24, 2.45) is 11.8 Å². The summed E-state index contributed by atoms with van der Waals surface area (Å²) in [5.74, 6) is 1.90. The topological polar surface area (TPSA) is 59.4 Å². The van der Waals surface area contributed by atoms with Gasteiger partial charge in [-0.1, -0.05) is 44.9 Å². The quantitative estimate of drug-likeness (QED) is 0.743. The highest BCUT2D eigenvalue weighted by Gasteiger charge is 2.48. The first-order valence-electron chi connectivity index (χ1n) is 10.7. The molecule has 148 valence electrons. The van der Waals surface area contributed by atoms with Gasteiger partial charge in [-0.05, 0) is 58.0 Å². The summed E-state index contributed by atoms with van der Waals surface area (Å²) >= 11 is 0. The molecule has 2 aliphatic carbocycles. The summed E-state index contributed by atoms with van der Waals surface area (Å²) in [4.78, 5) is 16.2. The molecule has 3 fully saturated rings. The van der Waals surface area contributed by atoms with E-state index >= 15 is 0 Å². The van der Waals surface area contributed by atoms with Crippen LogP contribution in [-0.2, 0) is 0 Å². The second-order valence-corrected chi connectivity index (χ2v) is 9.32. The van der Waals surface area contributed by atoms with Gasteiger partial charge < -0.3 is 10.2 Å². The predicted molar refractivity (Wildman–Crippen MR) is 107 cm³/mol. The van der Waals surface area contributed by atoms with Crippen molar-refractivity contribution in [2.75, 3.05) is 21.1 Å². The number of urea groups is 1. The van der Waals surface area contributed by atoms with Crippen molar-refractivity contribution in [2.45, 2.75) is 88.6 Å². The Kier molecular flexibility index (Phi) is 6.26. The maximum Gasteiger partial charge on any atom is 0.323 e. The number of rotatable bonds is 6. The number of amidine groups is 1. The molecule has 3 rings (SSSR count). The van der Waals surface area contributed by atoms with Crippen molar-refractivity contribution >= 4 is 11.9 Å². The van der Waals surface area contributed by atoms with Crippen LogP contribution in [0.15, 0.2) is 0 Å². The summed E-state index contributed by atoms with van der Waals surface area (Å²) in [6.07, 6.45) is 14.8. The molecule has 0 bridgehead atoms. The Labute approximate surface area is 159 Å². The Morgan fingerprint density at radius 3 is 2.42 bits per heavy atom. The van der Waals surface area contributed by atoms with Crippen molar-refractivity contribution < 1.29 is 4.79 Å². The summed E-state index contributed by atoms with van der Waals surface area (Å²) in [7, 11) is 6.11. The van der Waals surface area contributed by atoms with Crippen LogP contribution in [-0.4, -0.2) is 54.4 Å². The van der Waals surface area contributed by atoms with Crippen LogP contribution in [0.2, 0.25) is 0 Å². The van der Waals surface area contributed by atoms with Gasteiger partial charge in [0.2, 0.25) is 0 Å². The van der Waals surface area contributed by atoms with Crippen molar-refractivity contribution in [3.63, 3.8) is 0 Å². The second-order valence-electron chi connectivity index (χ2n) is 9.32. The van der Waals surface area contributed by atoms with Crippen LogP contribution in [0.1, 0.15) is 77.0 Å². The van der Waals surface area contributed by atoms with Gasteiger partial charge in [0.15, 0.2) is 0 Å². The van der Waals surface area contributed by atoms with Crippen LogP contribution in [0.5, 0.6) is 0 Å². The SMILES string of the molecule is CN1C(=N)[C@@](CCC2CCCCC2)(C[C@H]2CCC[C@@H](N(C)C)C2)NC1=O. The van der Waals surface area contributed by atoms with E-state index in [2.05, 4.69) is 24.3 Å². The Morgan fingerprint density at radius 2 is 1.81 bits per heavy atom. The molecule has 2 N–H and O–H groups in total. The lowest BCUT2D eigenvalue weighted by Gasteiger charge is -2.39. The number of nitrogens with zero attached hydrogens (tertiary/aromatic N) is 2. The minimum atomic E-state index is -0.428. The first-order chi connectivity index (χ1) is 12.4. The van der Waals surface area contributed by atoms with Crippen LogP contribution in [0.4, 0.5) is 4.79 Å². The van der Waals surface area contributed by atoms with E-state index in [0.29, 0.717) is 17.8 Å². The highest BCUT2D eigenvalue weighted by molar-refractivity contribution is 6.08. The lowest BCUT2D eigenvalue weighted by molar-refractivity contribution is 0.161. The van der Waals surface area contributed by atoms with E-state index in [0.717, 1.165) is 25.2 Å². The first-order valence-corrected chi connectivity index (χ1v) is 10.7. The molecule has 2 saturated carbocycles. The molecular weight excluding hydrogens is 324 g/mol. The monoisotopic (exact) mass is 362 g/mol. The minimum absolute atomic E-state index is 0.0846. The van der Waals surface area contributed by atoms with Crippen LogP contribution in [0.3, 0.4) is 0 Å². The van der Waals surface area contributed by atoms with Gasteiger partial charge in [-0.2, -0.15) is 0 Å². The summed E-state index contributed by atoms with van der Waals surface area (Å²) in [5, 5.41) is 11.9. The lowest BCUT2D eigenvalue weighted by atomic mass is 9.73. The van der Waals surface area contributed by atoms with Gasteiger partial charge >= 0.3 is 6.03 Å². The van der Waals surface area contributed by atoms with E-state index in [-0.39, 0.29) is 6.03 Å². The van der Waals surface area contributed by atoms with Crippen molar-refractivity contribution in [3.8, 4) is 0 Å². The molecule has 3 atom stereocenters. The molecule has 1 saturated heterocycles. The molecule has 1 aliphatic heterocycles. The van der Waals surface area contributed by atoms with E-state index in [1.807, 2.05) is 0 Å². The molecule has 2 amide bonds. The highest BCUT2D eigenvalue weighted by Crippen LogP contribution is 2.39.